The van der Waals surface area contributed by atoms with E-state index in [0.29, 0.717) is 30.1 Å². The van der Waals surface area contributed by atoms with Crippen molar-refractivity contribution in [3.8, 4) is 17.4 Å². The van der Waals surface area contributed by atoms with Crippen LogP contribution in [0.25, 0.3) is 10.9 Å². The minimum absolute atomic E-state index is 0.0824. The number of ether oxygens (including phenoxy) is 2. The Morgan fingerprint density at radius 1 is 1.06 bits per heavy atom. The molecule has 2 aromatic carbocycles. The number of rotatable bonds is 4. The monoisotopic (exact) mass is 429 g/mol. The minimum Gasteiger partial charge on any atom is -0.439 e. The maximum absolute atomic E-state index is 12.6. The number of carbonyl (C=O) groups is 1. The lowest BCUT2D eigenvalue weighted by atomic mass is 10.1. The van der Waals surface area contributed by atoms with Gasteiger partial charge in [0.25, 0.3) is 5.69 Å². The van der Waals surface area contributed by atoms with Crippen molar-refractivity contribution < 1.29 is 19.2 Å². The van der Waals surface area contributed by atoms with E-state index in [1.807, 2.05) is 0 Å². The Morgan fingerprint density at radius 2 is 1.88 bits per heavy atom. The topological polar surface area (TPSA) is 122 Å². The molecule has 0 amide bonds. The van der Waals surface area contributed by atoms with Crippen LogP contribution in [0.3, 0.4) is 0 Å². The molecule has 5 rings (SSSR count). The van der Waals surface area contributed by atoms with Gasteiger partial charge in [0.05, 0.1) is 16.1 Å². The third-order valence-corrected chi connectivity index (χ3v) is 4.97. The summed E-state index contributed by atoms with van der Waals surface area (Å²) < 4.78 is 12.7. The lowest BCUT2D eigenvalue weighted by Crippen LogP contribution is -2.15. The van der Waals surface area contributed by atoms with Gasteiger partial charge in [-0.3, -0.25) is 19.7 Å². The predicted molar refractivity (Wildman–Crippen MR) is 115 cm³/mol. The van der Waals surface area contributed by atoms with Gasteiger partial charge in [0.1, 0.15) is 17.8 Å². The summed E-state index contributed by atoms with van der Waals surface area (Å²) in [6.45, 7) is 0.662. The van der Waals surface area contributed by atoms with Gasteiger partial charge in [-0.15, -0.1) is 0 Å². The highest BCUT2D eigenvalue weighted by Gasteiger charge is 2.16. The van der Waals surface area contributed by atoms with Crippen LogP contribution < -0.4 is 9.47 Å². The number of non-ortho nitro benzene ring substituents is 1. The molecular weight excluding hydrogens is 414 g/mol. The molecule has 0 unspecified atom stereocenters. The number of nitrogens with zero attached hydrogens (tertiary/aromatic N) is 5. The summed E-state index contributed by atoms with van der Waals surface area (Å²) >= 11 is 0. The zero-order valence-electron chi connectivity index (χ0n) is 16.5. The largest absolute Gasteiger partial charge is 0.439 e. The first-order chi connectivity index (χ1) is 15.6. The molecule has 0 saturated heterocycles. The summed E-state index contributed by atoms with van der Waals surface area (Å²) in [6, 6.07) is 12.4. The second-order valence-electron chi connectivity index (χ2n) is 6.96. The molecular formula is C22H15N5O5. The van der Waals surface area contributed by atoms with Gasteiger partial charge in [-0.2, -0.15) is 0 Å². The van der Waals surface area contributed by atoms with Crippen LogP contribution in [0.5, 0.6) is 17.4 Å². The summed E-state index contributed by atoms with van der Waals surface area (Å²) in [7, 11) is 0. The van der Waals surface area contributed by atoms with Crippen molar-refractivity contribution in [2.24, 2.45) is 4.99 Å². The fourth-order valence-electron chi connectivity index (χ4n) is 3.41. The van der Waals surface area contributed by atoms with Gasteiger partial charge in [0.2, 0.25) is 5.88 Å². The number of fused-ring (bicyclic) bond motifs is 2. The molecule has 10 nitrogen and oxygen atoms in total. The van der Waals surface area contributed by atoms with Gasteiger partial charge in [-0.25, -0.2) is 14.8 Å². The molecule has 10 heteroatoms. The molecule has 0 fully saturated rings. The van der Waals surface area contributed by atoms with Crippen molar-refractivity contribution in [2.45, 2.75) is 6.42 Å². The van der Waals surface area contributed by atoms with E-state index in [4.69, 9.17) is 9.47 Å². The van der Waals surface area contributed by atoms with Crippen molar-refractivity contribution in [1.29, 1.82) is 0 Å². The van der Waals surface area contributed by atoms with Crippen LogP contribution in [-0.4, -0.2) is 38.3 Å². The Balaban J connectivity index is 1.37. The van der Waals surface area contributed by atoms with Gasteiger partial charge < -0.3 is 9.47 Å². The molecule has 1 aliphatic rings. The minimum atomic E-state index is -0.633. The molecule has 0 aliphatic carbocycles. The maximum Gasteiger partial charge on any atom is 0.423 e. The van der Waals surface area contributed by atoms with E-state index in [0.717, 1.165) is 16.6 Å². The van der Waals surface area contributed by atoms with E-state index in [1.165, 1.54) is 35.2 Å². The van der Waals surface area contributed by atoms with E-state index in [1.54, 1.807) is 36.7 Å². The molecule has 0 radical (unpaired) electrons. The van der Waals surface area contributed by atoms with Gasteiger partial charge >= 0.3 is 6.09 Å². The second kappa shape index (κ2) is 7.91. The Kier molecular flexibility index (Phi) is 4.79. The average Bonchev–Trinajstić information content (AvgIpc) is 3.23. The number of aliphatic imine (C=N–C) groups is 1. The second-order valence-corrected chi connectivity index (χ2v) is 6.96. The first-order valence-corrected chi connectivity index (χ1v) is 9.68. The number of benzene rings is 2. The van der Waals surface area contributed by atoms with Crippen LogP contribution in [0, 0.1) is 10.1 Å². The van der Waals surface area contributed by atoms with Crippen molar-refractivity contribution in [1.82, 2.24) is 14.5 Å². The Morgan fingerprint density at radius 3 is 2.69 bits per heavy atom. The Labute approximate surface area is 180 Å². The lowest BCUT2D eigenvalue weighted by molar-refractivity contribution is -0.384. The molecule has 0 N–H and O–H groups in total. The first-order valence-electron chi connectivity index (χ1n) is 9.68. The summed E-state index contributed by atoms with van der Waals surface area (Å²) in [6.07, 6.45) is 4.81. The van der Waals surface area contributed by atoms with Crippen LogP contribution in [0.2, 0.25) is 0 Å². The molecule has 32 heavy (non-hydrogen) atoms. The summed E-state index contributed by atoms with van der Waals surface area (Å²) in [5, 5.41) is 11.5. The van der Waals surface area contributed by atoms with Crippen LogP contribution in [0.4, 0.5) is 10.5 Å². The van der Waals surface area contributed by atoms with Crippen molar-refractivity contribution >= 4 is 28.9 Å². The fraction of sp³-hybridized carbons (Fsp3) is 0.0909. The van der Waals surface area contributed by atoms with E-state index >= 15 is 0 Å². The van der Waals surface area contributed by atoms with Crippen LogP contribution >= 0.6 is 0 Å². The van der Waals surface area contributed by atoms with Crippen molar-refractivity contribution in [3.05, 3.63) is 82.4 Å². The van der Waals surface area contributed by atoms with Crippen molar-refractivity contribution in [3.63, 3.8) is 0 Å². The van der Waals surface area contributed by atoms with Crippen LogP contribution in [-0.2, 0) is 6.42 Å². The Hall–Kier alpha value is -4.60. The summed E-state index contributed by atoms with van der Waals surface area (Å²) in [5.41, 5.74) is 2.21. The normalized spacial score (nSPS) is 12.4. The van der Waals surface area contributed by atoms with Crippen molar-refractivity contribution in [2.75, 3.05) is 6.54 Å². The maximum atomic E-state index is 12.6. The quantitative estimate of drug-likeness (QED) is 0.353. The zero-order valence-corrected chi connectivity index (χ0v) is 16.5. The summed E-state index contributed by atoms with van der Waals surface area (Å²) in [4.78, 5) is 35.5. The molecule has 4 aromatic rings. The third-order valence-electron chi connectivity index (χ3n) is 4.97. The number of hydrogen-bond donors (Lipinski definition) is 0. The molecule has 1 aliphatic heterocycles. The highest BCUT2D eigenvalue weighted by atomic mass is 16.6. The molecule has 0 spiro atoms. The van der Waals surface area contributed by atoms with E-state index < -0.39 is 11.0 Å². The lowest BCUT2D eigenvalue weighted by Gasteiger charge is -2.13. The number of hydrogen-bond acceptors (Lipinski definition) is 8. The van der Waals surface area contributed by atoms with Gasteiger partial charge in [-0.05, 0) is 42.8 Å². The number of nitro benzene ring substituents is 1. The average molecular weight is 429 g/mol. The van der Waals surface area contributed by atoms with E-state index in [9.17, 15) is 14.9 Å². The van der Waals surface area contributed by atoms with Crippen LogP contribution in [0.15, 0.2) is 66.0 Å². The van der Waals surface area contributed by atoms with E-state index in [-0.39, 0.29) is 11.4 Å². The SMILES string of the molecule is O=C(Oc1ccc([N+](=O)[O-])cc1)n1ccc2cc(Oc3ncnc4c3CCN=C4)ccc21. The smallest absolute Gasteiger partial charge is 0.423 e. The van der Waals surface area contributed by atoms with Gasteiger partial charge in [-0.1, -0.05) is 0 Å². The molecule has 0 saturated carbocycles. The van der Waals surface area contributed by atoms with E-state index in [2.05, 4.69) is 15.0 Å². The zero-order chi connectivity index (χ0) is 22.1. The molecule has 158 valence electrons. The molecule has 0 atom stereocenters. The third kappa shape index (κ3) is 3.65. The number of aromatic nitrogens is 3. The number of carbonyl (C=O) groups excluding carboxylic acids is 1. The van der Waals surface area contributed by atoms with Crippen LogP contribution in [0.1, 0.15) is 11.3 Å². The molecule has 3 heterocycles. The fourth-order valence-corrected chi connectivity index (χ4v) is 3.41. The first kappa shape index (κ1) is 19.4. The standard InChI is InChI=1S/C22H15N5O5/c28-22(32-16-3-1-15(2-4-16)27(29)30)26-10-8-14-11-17(5-6-20(14)26)31-21-18-7-9-23-12-19(18)24-13-25-21/h1-6,8,10-13H,7,9H2. The molecule has 0 bridgehead atoms. The number of nitro groups is 1. The predicted octanol–water partition coefficient (Wildman–Crippen LogP) is 4.15. The molecule has 2 aromatic heterocycles. The highest BCUT2D eigenvalue weighted by molar-refractivity contribution is 5.91. The summed E-state index contributed by atoms with van der Waals surface area (Å²) in [5.74, 6) is 1.26. The van der Waals surface area contributed by atoms with Gasteiger partial charge in [0.15, 0.2) is 0 Å². The highest BCUT2D eigenvalue weighted by Crippen LogP contribution is 2.29. The Bertz CT molecular complexity index is 1380. The van der Waals surface area contributed by atoms with Gasteiger partial charge in [0, 0.05) is 42.0 Å².